The van der Waals surface area contributed by atoms with Crippen LogP contribution in [0.4, 0.5) is 0 Å². The van der Waals surface area contributed by atoms with E-state index < -0.39 is 0 Å². The van der Waals surface area contributed by atoms with E-state index >= 15 is 0 Å². The molecule has 0 aromatic carbocycles. The Morgan fingerprint density at radius 1 is 1.67 bits per heavy atom. The lowest BCUT2D eigenvalue weighted by Crippen LogP contribution is -2.21. The molecule has 0 aromatic rings. The minimum absolute atomic E-state index is 0.136. The highest BCUT2D eigenvalue weighted by atomic mass is 16.1. The molecule has 0 saturated carbocycles. The van der Waals surface area contributed by atoms with Crippen LogP contribution in [0.1, 0.15) is 20.3 Å². The van der Waals surface area contributed by atoms with E-state index in [-0.39, 0.29) is 11.6 Å². The average Bonchev–Trinajstić information content (AvgIpc) is 1.82. The summed E-state index contributed by atoms with van der Waals surface area (Å²) in [5.41, 5.74) is 5.20. The van der Waals surface area contributed by atoms with Gasteiger partial charge in [0, 0.05) is 13.5 Å². The molecule has 0 atom stereocenters. The number of hydrogen-bond donors (Lipinski definition) is 1. The fourth-order valence-corrected chi connectivity index (χ4v) is 0.344. The number of hydrogen-bond acceptors (Lipinski definition) is 2. The van der Waals surface area contributed by atoms with Crippen molar-refractivity contribution in [1.82, 2.24) is 0 Å². The Morgan fingerprint density at radius 2 is 2.22 bits per heavy atom. The Bertz CT molecular complexity index is 129. The van der Waals surface area contributed by atoms with Crippen molar-refractivity contribution < 1.29 is 4.79 Å². The SMILES string of the molecule is CCCN=C(N)C(C)=O. The molecule has 9 heavy (non-hydrogen) atoms. The van der Waals surface area contributed by atoms with E-state index in [9.17, 15) is 4.79 Å². The van der Waals surface area contributed by atoms with Gasteiger partial charge >= 0.3 is 0 Å². The predicted molar refractivity (Wildman–Crippen MR) is 37.5 cm³/mol. The van der Waals surface area contributed by atoms with Gasteiger partial charge < -0.3 is 5.73 Å². The minimum atomic E-state index is -0.150. The number of nitrogens with two attached hydrogens (primary N) is 1. The molecule has 0 heterocycles. The molecule has 0 saturated heterocycles. The van der Waals surface area contributed by atoms with Gasteiger partial charge in [0.05, 0.1) is 0 Å². The Morgan fingerprint density at radius 3 is 2.56 bits per heavy atom. The largest absolute Gasteiger partial charge is 0.381 e. The van der Waals surface area contributed by atoms with Crippen LogP contribution in [0.3, 0.4) is 0 Å². The summed E-state index contributed by atoms with van der Waals surface area (Å²) >= 11 is 0. The Labute approximate surface area is 55.0 Å². The van der Waals surface area contributed by atoms with Gasteiger partial charge in [0.2, 0.25) is 0 Å². The molecule has 0 aliphatic rings. The van der Waals surface area contributed by atoms with Crippen molar-refractivity contribution in [1.29, 1.82) is 0 Å². The molecule has 0 fully saturated rings. The third-order valence-electron chi connectivity index (χ3n) is 0.866. The van der Waals surface area contributed by atoms with Crippen LogP contribution in [0.15, 0.2) is 4.99 Å². The van der Waals surface area contributed by atoms with E-state index in [0.717, 1.165) is 6.42 Å². The molecule has 3 nitrogen and oxygen atoms in total. The number of nitrogens with zero attached hydrogens (tertiary/aromatic N) is 1. The van der Waals surface area contributed by atoms with Crippen molar-refractivity contribution in [3.8, 4) is 0 Å². The number of rotatable bonds is 3. The topological polar surface area (TPSA) is 55.4 Å². The summed E-state index contributed by atoms with van der Waals surface area (Å²) in [4.78, 5) is 14.2. The highest BCUT2D eigenvalue weighted by Gasteiger charge is 1.95. The first kappa shape index (κ1) is 8.14. The lowest BCUT2D eigenvalue weighted by atomic mass is 10.4. The van der Waals surface area contributed by atoms with Gasteiger partial charge in [-0.15, -0.1) is 0 Å². The quantitative estimate of drug-likeness (QED) is 0.440. The number of carbonyl (C=O) groups is 1. The molecule has 2 N–H and O–H groups in total. The summed E-state index contributed by atoms with van der Waals surface area (Å²) in [5, 5.41) is 0. The van der Waals surface area contributed by atoms with Crippen LogP contribution in [-0.4, -0.2) is 18.2 Å². The van der Waals surface area contributed by atoms with Crippen LogP contribution >= 0.6 is 0 Å². The number of amidine groups is 1. The third kappa shape index (κ3) is 3.70. The van der Waals surface area contributed by atoms with Gasteiger partial charge in [0.1, 0.15) is 0 Å². The molecule has 0 bridgehead atoms. The second kappa shape index (κ2) is 4.06. The average molecular weight is 128 g/mol. The van der Waals surface area contributed by atoms with E-state index in [4.69, 9.17) is 5.73 Å². The first-order chi connectivity index (χ1) is 4.18. The minimum Gasteiger partial charge on any atom is -0.381 e. The van der Waals surface area contributed by atoms with Crippen molar-refractivity contribution >= 4 is 11.6 Å². The smallest absolute Gasteiger partial charge is 0.194 e. The van der Waals surface area contributed by atoms with Crippen LogP contribution in [-0.2, 0) is 4.79 Å². The number of aliphatic imine (C=N–C) groups is 1. The van der Waals surface area contributed by atoms with Crippen molar-refractivity contribution in [2.75, 3.05) is 6.54 Å². The van der Waals surface area contributed by atoms with Gasteiger partial charge in [-0.05, 0) is 6.42 Å². The predicted octanol–water partition coefficient (Wildman–Crippen LogP) is 0.343. The van der Waals surface area contributed by atoms with Crippen LogP contribution in [0.2, 0.25) is 0 Å². The third-order valence-corrected chi connectivity index (χ3v) is 0.866. The lowest BCUT2D eigenvalue weighted by Gasteiger charge is -1.91. The summed E-state index contributed by atoms with van der Waals surface area (Å²) in [6.45, 7) is 4.04. The van der Waals surface area contributed by atoms with Crippen molar-refractivity contribution in [2.24, 2.45) is 10.7 Å². The van der Waals surface area contributed by atoms with Crippen LogP contribution in [0.25, 0.3) is 0 Å². The fourth-order valence-electron chi connectivity index (χ4n) is 0.344. The van der Waals surface area contributed by atoms with Gasteiger partial charge in [-0.2, -0.15) is 0 Å². The van der Waals surface area contributed by atoms with Crippen molar-refractivity contribution in [2.45, 2.75) is 20.3 Å². The Balaban J connectivity index is 3.69. The number of carbonyl (C=O) groups excluding carboxylic acids is 1. The maximum atomic E-state index is 10.4. The van der Waals surface area contributed by atoms with E-state index in [1.54, 1.807) is 0 Å². The number of Topliss-reactive ketones (excluding diaryl/α,β-unsaturated/α-hetero) is 1. The lowest BCUT2D eigenvalue weighted by molar-refractivity contribution is -0.111. The standard InChI is InChI=1S/C6H12N2O/c1-3-4-8-6(7)5(2)9/h3-4H2,1-2H3,(H2,7,8). The zero-order valence-electron chi connectivity index (χ0n) is 5.85. The number of ketones is 1. The fraction of sp³-hybridized carbons (Fsp3) is 0.667. The highest BCUT2D eigenvalue weighted by Crippen LogP contribution is 1.78. The van der Waals surface area contributed by atoms with Gasteiger partial charge in [0.15, 0.2) is 11.6 Å². The maximum Gasteiger partial charge on any atom is 0.194 e. The molecule has 0 radical (unpaired) electrons. The summed E-state index contributed by atoms with van der Waals surface area (Å²) in [6.07, 6.45) is 0.925. The molecule has 0 aliphatic carbocycles. The van der Waals surface area contributed by atoms with Gasteiger partial charge in [-0.3, -0.25) is 9.79 Å². The molecular formula is C6H12N2O. The second-order valence-electron chi connectivity index (χ2n) is 1.82. The summed E-state index contributed by atoms with van der Waals surface area (Å²) in [5.74, 6) is -0.0136. The Hall–Kier alpha value is -0.860. The van der Waals surface area contributed by atoms with Crippen molar-refractivity contribution in [3.05, 3.63) is 0 Å². The molecule has 0 spiro atoms. The molecule has 52 valence electrons. The monoisotopic (exact) mass is 128 g/mol. The van der Waals surface area contributed by atoms with E-state index in [1.807, 2.05) is 6.92 Å². The van der Waals surface area contributed by atoms with Crippen LogP contribution in [0, 0.1) is 0 Å². The molecular weight excluding hydrogens is 116 g/mol. The molecule has 0 aromatic heterocycles. The molecule has 0 aliphatic heterocycles. The first-order valence-corrected chi connectivity index (χ1v) is 2.99. The van der Waals surface area contributed by atoms with Gasteiger partial charge in [-0.25, -0.2) is 0 Å². The first-order valence-electron chi connectivity index (χ1n) is 2.99. The maximum absolute atomic E-state index is 10.4. The second-order valence-corrected chi connectivity index (χ2v) is 1.82. The zero-order chi connectivity index (χ0) is 7.28. The molecule has 0 unspecified atom stereocenters. The summed E-state index contributed by atoms with van der Waals surface area (Å²) in [7, 11) is 0. The molecule has 0 amide bonds. The molecule has 3 heteroatoms. The molecule has 0 rings (SSSR count). The van der Waals surface area contributed by atoms with Crippen molar-refractivity contribution in [3.63, 3.8) is 0 Å². The van der Waals surface area contributed by atoms with E-state index in [1.165, 1.54) is 6.92 Å². The van der Waals surface area contributed by atoms with Gasteiger partial charge in [0.25, 0.3) is 0 Å². The van der Waals surface area contributed by atoms with E-state index in [2.05, 4.69) is 4.99 Å². The highest BCUT2D eigenvalue weighted by molar-refractivity contribution is 6.37. The van der Waals surface area contributed by atoms with E-state index in [0.29, 0.717) is 6.54 Å². The zero-order valence-corrected chi connectivity index (χ0v) is 5.85. The summed E-state index contributed by atoms with van der Waals surface area (Å²) in [6, 6.07) is 0. The van der Waals surface area contributed by atoms with Crippen LogP contribution in [0.5, 0.6) is 0 Å². The summed E-state index contributed by atoms with van der Waals surface area (Å²) < 4.78 is 0. The van der Waals surface area contributed by atoms with Crippen LogP contribution < -0.4 is 5.73 Å². The Kier molecular flexibility index (Phi) is 3.67. The van der Waals surface area contributed by atoms with Gasteiger partial charge in [-0.1, -0.05) is 6.92 Å². The normalized spacial score (nSPS) is 11.6.